The quantitative estimate of drug-likeness (QED) is 0.0405. The number of rotatable bonds is 23. The summed E-state index contributed by atoms with van der Waals surface area (Å²) in [5.41, 5.74) is 1.98. The number of amides is 1. The normalized spacial score (nSPS) is 18.4. The molecule has 5 rings (SSSR count). The Balaban J connectivity index is 1.57. The monoisotopic (exact) mass is 927 g/mol. The minimum atomic E-state index is -3.88. The Hall–Kier alpha value is -4.27. The van der Waals surface area contributed by atoms with Crippen LogP contribution in [0.1, 0.15) is 50.6 Å². The van der Waals surface area contributed by atoms with E-state index in [-0.39, 0.29) is 61.8 Å². The van der Waals surface area contributed by atoms with Crippen LogP contribution >= 0.6 is 0 Å². The second-order valence-corrected chi connectivity index (χ2v) is 29.3. The summed E-state index contributed by atoms with van der Waals surface area (Å²) in [6.45, 7) is 16.4. The van der Waals surface area contributed by atoms with Crippen LogP contribution < -0.4 is 5.32 Å². The van der Waals surface area contributed by atoms with Crippen LogP contribution in [0, 0.1) is 5.92 Å². The van der Waals surface area contributed by atoms with Crippen LogP contribution in [0.15, 0.2) is 73.3 Å². The Morgan fingerprint density at radius 3 is 1.83 bits per heavy atom. The van der Waals surface area contributed by atoms with E-state index in [1.807, 2.05) is 60.7 Å². The predicted molar refractivity (Wildman–Crippen MR) is 238 cm³/mol. The average Bonchev–Trinajstić information content (AvgIpc) is 3.77. The zero-order valence-electron chi connectivity index (χ0n) is 37.6. The van der Waals surface area contributed by atoms with Crippen LogP contribution in [0.2, 0.25) is 39.3 Å². The molecule has 1 saturated heterocycles. The molecule has 3 heterocycles. The Bertz CT molecular complexity index is 2030. The third-order valence-electron chi connectivity index (χ3n) is 9.23. The number of carbonyl (C=O) groups excluding carboxylic acids is 3. The van der Waals surface area contributed by atoms with Crippen LogP contribution in [0.5, 0.6) is 0 Å². The van der Waals surface area contributed by atoms with Gasteiger partial charge in [0.1, 0.15) is 37.9 Å². The maximum atomic E-state index is 12.7. The molecular weight excluding hydrogens is 867 g/mol. The SMILES string of the molecule is CC(=O)OCCOC(OCCOC(C)=O)OC1[C@@H](O)[C@@H](CO[Si](O[Si](C)(C)C)(O[Si](C)(C)C)C(c2ccccc2)c2ccccc2)O[C@H]1n1cnc2c(NC(=O)C(C)C)ncnc21. The summed E-state index contributed by atoms with van der Waals surface area (Å²) in [5, 5.41) is 15.1. The van der Waals surface area contributed by atoms with Crippen molar-refractivity contribution in [3.8, 4) is 0 Å². The van der Waals surface area contributed by atoms with E-state index in [2.05, 4.69) is 59.6 Å². The standard InChI is InChI=1S/C42H61N5O13Si3/c1-28(2)40(51)46-38-34-39(44-26-43-38)47(27-45-34)41-36(58-42(54-23-21-52-29(3)48)55-24-22-53-30(4)49)35(50)33(57-41)25-56-63(59-61(5,6)7,60-62(8,9)10)37(31-17-13-11-14-18-31)32-19-15-12-16-20-32/h11-20,26-28,33,35-37,41-42,50H,21-25H2,1-10H3,(H,43,44,46,51)/t33-,35+,36?,41-/m1/s1. The number of aliphatic hydroxyl groups excluding tert-OH is 1. The molecule has 4 atom stereocenters. The topological polar surface area (TPSA) is 210 Å². The van der Waals surface area contributed by atoms with Crippen molar-refractivity contribution < 1.29 is 60.6 Å². The van der Waals surface area contributed by atoms with Crippen molar-refractivity contribution in [3.63, 3.8) is 0 Å². The number of anilines is 1. The van der Waals surface area contributed by atoms with E-state index in [1.165, 1.54) is 26.5 Å². The zero-order chi connectivity index (χ0) is 46.0. The average molecular weight is 928 g/mol. The summed E-state index contributed by atoms with van der Waals surface area (Å²) in [6.07, 6.45) is -2.16. The first-order chi connectivity index (χ1) is 29.8. The molecule has 344 valence electrons. The molecule has 2 aromatic heterocycles. The lowest BCUT2D eigenvalue weighted by atomic mass is 10.0. The largest absolute Gasteiger partial charge is 0.492 e. The summed E-state index contributed by atoms with van der Waals surface area (Å²) in [7, 11) is -8.79. The number of hydrogen-bond donors (Lipinski definition) is 2. The first-order valence-corrected chi connectivity index (χ1v) is 29.5. The fraction of sp³-hybridized carbons (Fsp3) is 0.524. The number of nitrogens with one attached hydrogen (secondary N) is 1. The number of imidazole rings is 1. The molecule has 0 saturated carbocycles. The van der Waals surface area contributed by atoms with Crippen molar-refractivity contribution in [1.82, 2.24) is 19.5 Å². The highest BCUT2D eigenvalue weighted by Gasteiger charge is 2.57. The van der Waals surface area contributed by atoms with Crippen molar-refractivity contribution in [2.24, 2.45) is 5.92 Å². The van der Waals surface area contributed by atoms with Gasteiger partial charge in [0, 0.05) is 19.8 Å². The summed E-state index contributed by atoms with van der Waals surface area (Å²) in [5.74, 6) is -1.44. The Morgan fingerprint density at radius 1 is 0.794 bits per heavy atom. The highest BCUT2D eigenvalue weighted by molar-refractivity contribution is 6.86. The van der Waals surface area contributed by atoms with E-state index < -0.39 is 73.9 Å². The van der Waals surface area contributed by atoms with Gasteiger partial charge < -0.3 is 51.5 Å². The molecule has 2 aromatic carbocycles. The molecule has 63 heavy (non-hydrogen) atoms. The molecule has 18 nitrogen and oxygen atoms in total. The lowest BCUT2D eigenvalue weighted by Crippen LogP contribution is -2.62. The van der Waals surface area contributed by atoms with Crippen LogP contribution in [0.25, 0.3) is 11.2 Å². The first-order valence-electron chi connectivity index (χ1n) is 20.9. The number of carbonyl (C=O) groups is 3. The fourth-order valence-electron chi connectivity index (χ4n) is 6.76. The lowest BCUT2D eigenvalue weighted by molar-refractivity contribution is -0.320. The highest BCUT2D eigenvalue weighted by atomic mass is 28.5. The van der Waals surface area contributed by atoms with Crippen molar-refractivity contribution >= 4 is 60.3 Å². The summed E-state index contributed by atoms with van der Waals surface area (Å²) >= 11 is 0. The molecule has 0 radical (unpaired) electrons. The molecule has 1 aliphatic heterocycles. The van der Waals surface area contributed by atoms with E-state index in [9.17, 15) is 19.5 Å². The molecule has 4 aromatic rings. The lowest BCUT2D eigenvalue weighted by Gasteiger charge is -2.44. The van der Waals surface area contributed by atoms with Gasteiger partial charge in [-0.2, -0.15) is 0 Å². The Kier molecular flexibility index (Phi) is 17.4. The van der Waals surface area contributed by atoms with Crippen molar-refractivity contribution in [2.75, 3.05) is 38.4 Å². The molecule has 0 bridgehead atoms. The van der Waals surface area contributed by atoms with Gasteiger partial charge in [0.15, 0.2) is 39.8 Å². The second kappa shape index (κ2) is 22.1. The number of aromatic nitrogens is 4. The van der Waals surface area contributed by atoms with Crippen molar-refractivity contribution in [3.05, 3.63) is 84.4 Å². The molecule has 0 aliphatic carbocycles. The third-order valence-corrected chi connectivity index (χ3v) is 18.3. The van der Waals surface area contributed by atoms with E-state index in [0.29, 0.717) is 0 Å². The predicted octanol–water partition coefficient (Wildman–Crippen LogP) is 5.54. The smallest absolute Gasteiger partial charge is 0.463 e. The number of ether oxygens (including phenoxy) is 6. The van der Waals surface area contributed by atoms with Crippen molar-refractivity contribution in [2.45, 2.75) is 104 Å². The molecule has 0 spiro atoms. The molecule has 1 fully saturated rings. The zero-order valence-corrected chi connectivity index (χ0v) is 40.6. The van der Waals surface area contributed by atoms with Gasteiger partial charge in [-0.15, -0.1) is 0 Å². The number of aliphatic hydroxyl groups is 1. The van der Waals surface area contributed by atoms with Gasteiger partial charge in [0.25, 0.3) is 6.48 Å². The highest BCUT2D eigenvalue weighted by Crippen LogP contribution is 2.42. The van der Waals surface area contributed by atoms with Crippen LogP contribution in [0.4, 0.5) is 5.82 Å². The molecular formula is C42H61N5O13Si3. The van der Waals surface area contributed by atoms with Crippen molar-refractivity contribution in [1.29, 1.82) is 0 Å². The second-order valence-electron chi connectivity index (χ2n) is 17.2. The van der Waals surface area contributed by atoms with Gasteiger partial charge >= 0.3 is 20.7 Å². The maximum absolute atomic E-state index is 12.7. The van der Waals surface area contributed by atoms with Gasteiger partial charge in [0.2, 0.25) is 5.91 Å². The van der Waals surface area contributed by atoms with E-state index >= 15 is 0 Å². The summed E-state index contributed by atoms with van der Waals surface area (Å²) < 4.78 is 58.1. The summed E-state index contributed by atoms with van der Waals surface area (Å²) in [4.78, 5) is 49.0. The van der Waals surface area contributed by atoms with Gasteiger partial charge in [0.05, 0.1) is 31.7 Å². The number of hydrogen-bond acceptors (Lipinski definition) is 16. The molecule has 1 aliphatic rings. The molecule has 1 unspecified atom stereocenters. The van der Waals surface area contributed by atoms with Crippen LogP contribution in [-0.2, 0) is 55.5 Å². The van der Waals surface area contributed by atoms with Gasteiger partial charge in [-0.3, -0.25) is 19.0 Å². The Labute approximate surface area is 371 Å². The van der Waals surface area contributed by atoms with E-state index in [0.717, 1.165) is 11.1 Å². The van der Waals surface area contributed by atoms with E-state index in [1.54, 1.807) is 18.4 Å². The summed E-state index contributed by atoms with van der Waals surface area (Å²) in [6, 6.07) is 20.0. The molecule has 21 heteroatoms. The Morgan fingerprint density at radius 2 is 1.33 bits per heavy atom. The van der Waals surface area contributed by atoms with E-state index in [4.69, 9.17) is 41.1 Å². The number of nitrogens with zero attached hydrogens (tertiary/aromatic N) is 4. The molecule has 1 amide bonds. The fourth-order valence-corrected chi connectivity index (χ4v) is 17.3. The number of benzene rings is 2. The minimum absolute atomic E-state index is 0.120. The van der Waals surface area contributed by atoms with Gasteiger partial charge in [-0.05, 0) is 50.4 Å². The first kappa shape index (κ1) is 49.7. The van der Waals surface area contributed by atoms with Gasteiger partial charge in [-0.1, -0.05) is 74.5 Å². The third kappa shape index (κ3) is 14.1. The van der Waals surface area contributed by atoms with Crippen LogP contribution in [-0.4, -0.2) is 126 Å². The number of fused-ring (bicyclic) bond motifs is 1. The number of esters is 2. The van der Waals surface area contributed by atoms with Crippen LogP contribution in [0.3, 0.4) is 0 Å². The molecule has 2 N–H and O–H groups in total. The van der Waals surface area contributed by atoms with Gasteiger partial charge in [-0.25, -0.2) is 15.0 Å². The minimum Gasteiger partial charge on any atom is -0.463 e. The maximum Gasteiger partial charge on any atom is 0.492 e.